The Labute approximate surface area is 329 Å². The quantitative estimate of drug-likeness (QED) is 0.137. The highest BCUT2D eigenvalue weighted by Crippen LogP contribution is 2.76. The fourth-order valence-corrected chi connectivity index (χ4v) is 13.6. The molecule has 14 nitrogen and oxygen atoms in total. The SMILES string of the molecule is CC1(C)CC[C@]2(C(=O)O)CC[C@]3(C)C(=CC[C@@H]4[C@@]5(C)CC[C@H](O[C@@H]6O[C@H](C(=O)O)[C@@H](O)[C@H](O)[C@H]6OC6O[C@H](CO)[C@@H](O)[C@H](O)[C@H]6O)C(C)(C)[C@@H]5CC[C@]43C)[C@@H]2C1. The number of carboxylic acid groups (broad SMARTS) is 2. The van der Waals surface area contributed by atoms with Crippen LogP contribution in [0.25, 0.3) is 0 Å². The number of hydrogen-bond acceptors (Lipinski definition) is 12. The van der Waals surface area contributed by atoms with Gasteiger partial charge in [-0.2, -0.15) is 0 Å². The summed E-state index contributed by atoms with van der Waals surface area (Å²) in [5.41, 5.74) is -0.0913. The Morgan fingerprint density at radius 2 is 1.43 bits per heavy atom. The van der Waals surface area contributed by atoms with Crippen LogP contribution in [0.5, 0.6) is 0 Å². The van der Waals surface area contributed by atoms with Crippen molar-refractivity contribution in [3.05, 3.63) is 11.6 Å². The van der Waals surface area contributed by atoms with E-state index in [1.807, 2.05) is 0 Å². The number of aliphatic hydroxyl groups is 6. The van der Waals surface area contributed by atoms with E-state index in [4.69, 9.17) is 18.9 Å². The molecule has 14 heteroatoms. The van der Waals surface area contributed by atoms with Crippen LogP contribution in [-0.4, -0.2) is 127 Å². The zero-order chi connectivity index (χ0) is 41.1. The van der Waals surface area contributed by atoms with Gasteiger partial charge in [0, 0.05) is 0 Å². The third-order valence-electron chi connectivity index (χ3n) is 17.2. The highest BCUT2D eigenvalue weighted by atomic mass is 16.8. The second-order valence-corrected chi connectivity index (χ2v) is 20.7. The second kappa shape index (κ2) is 14.2. The number of carbonyl (C=O) groups is 2. The van der Waals surface area contributed by atoms with Crippen LogP contribution in [-0.2, 0) is 28.5 Å². The van der Waals surface area contributed by atoms with Crippen molar-refractivity contribution in [1.29, 1.82) is 0 Å². The van der Waals surface area contributed by atoms with E-state index in [0.29, 0.717) is 25.2 Å². The first kappa shape index (κ1) is 42.4. The van der Waals surface area contributed by atoms with E-state index in [0.717, 1.165) is 44.9 Å². The zero-order valence-corrected chi connectivity index (χ0v) is 34.0. The lowest BCUT2D eigenvalue weighted by molar-refractivity contribution is -0.374. The molecule has 8 N–H and O–H groups in total. The summed E-state index contributed by atoms with van der Waals surface area (Å²) < 4.78 is 23.9. The number of fused-ring (bicyclic) bond motifs is 7. The average molecular weight is 795 g/mol. The molecule has 1 unspecified atom stereocenters. The topological polar surface area (TPSA) is 233 Å². The van der Waals surface area contributed by atoms with Crippen LogP contribution in [0.2, 0.25) is 0 Å². The van der Waals surface area contributed by atoms with Gasteiger partial charge in [0.2, 0.25) is 0 Å². The van der Waals surface area contributed by atoms with Crippen LogP contribution in [0.15, 0.2) is 11.6 Å². The molecule has 0 aromatic carbocycles. The predicted octanol–water partition coefficient (Wildman–Crippen LogP) is 2.97. The van der Waals surface area contributed by atoms with Crippen LogP contribution >= 0.6 is 0 Å². The highest BCUT2D eigenvalue weighted by Gasteiger charge is 2.70. The minimum absolute atomic E-state index is 0.0171. The highest BCUT2D eigenvalue weighted by molar-refractivity contribution is 5.76. The van der Waals surface area contributed by atoms with Gasteiger partial charge in [0.15, 0.2) is 18.7 Å². The number of carboxylic acids is 2. The molecule has 0 radical (unpaired) electrons. The van der Waals surface area contributed by atoms with Crippen LogP contribution < -0.4 is 0 Å². The van der Waals surface area contributed by atoms with Crippen molar-refractivity contribution < 1.29 is 69.4 Å². The number of rotatable bonds is 7. The van der Waals surface area contributed by atoms with Gasteiger partial charge in [-0.1, -0.05) is 60.1 Å². The minimum atomic E-state index is -1.94. The zero-order valence-electron chi connectivity index (χ0n) is 34.0. The number of hydrogen-bond donors (Lipinski definition) is 8. The fourth-order valence-electron chi connectivity index (χ4n) is 13.6. The van der Waals surface area contributed by atoms with Crippen molar-refractivity contribution in [1.82, 2.24) is 0 Å². The molecule has 4 saturated carbocycles. The molecule has 0 amide bonds. The molecule has 7 aliphatic rings. The van der Waals surface area contributed by atoms with Crippen molar-refractivity contribution in [3.63, 3.8) is 0 Å². The number of aliphatic carboxylic acids is 2. The lowest BCUT2D eigenvalue weighted by Crippen LogP contribution is -2.67. The summed E-state index contributed by atoms with van der Waals surface area (Å²) in [6.45, 7) is 15.4. The standard InChI is InChI=1S/C42H66O14/c1-37(2)14-16-42(36(51)52)17-15-40(6)20(21(42)18-37)8-9-24-39(5)12-11-25(38(3,4)23(39)10-13-41(24,40)7)54-35-32(29(47)28(46)31(55-35)33(49)50)56-34-30(48)27(45)26(44)22(19-43)53-34/h8,21-32,34-35,43-48H,9-19H2,1-7H3,(H,49,50)(H,51,52)/t21-,22+,23-,24+,25-,26+,27-,28-,29-,30+,31-,32+,34?,35+,39-,40+,41+,42-/m0/s1. The summed E-state index contributed by atoms with van der Waals surface area (Å²) in [6.07, 6.45) is -6.99. The first-order valence-electron chi connectivity index (χ1n) is 20.8. The van der Waals surface area contributed by atoms with E-state index in [1.54, 1.807) is 0 Å². The van der Waals surface area contributed by atoms with E-state index >= 15 is 0 Å². The lowest BCUT2D eigenvalue weighted by atomic mass is 9.33. The number of aliphatic hydroxyl groups excluding tert-OH is 6. The summed E-state index contributed by atoms with van der Waals surface area (Å²) in [5, 5.41) is 83.8. The van der Waals surface area contributed by atoms with Crippen molar-refractivity contribution in [2.45, 2.75) is 180 Å². The van der Waals surface area contributed by atoms with E-state index in [-0.39, 0.29) is 33.5 Å². The maximum atomic E-state index is 13.1. The monoisotopic (exact) mass is 794 g/mol. The van der Waals surface area contributed by atoms with Gasteiger partial charge in [-0.05, 0) is 109 Å². The van der Waals surface area contributed by atoms with Gasteiger partial charge in [-0.15, -0.1) is 0 Å². The molecule has 6 fully saturated rings. The van der Waals surface area contributed by atoms with Crippen LogP contribution in [0.1, 0.15) is 113 Å². The Morgan fingerprint density at radius 1 is 0.750 bits per heavy atom. The lowest BCUT2D eigenvalue weighted by Gasteiger charge is -2.71. The number of allylic oxidation sites excluding steroid dienone is 2. The Hall–Kier alpha value is -1.72. The van der Waals surface area contributed by atoms with E-state index in [2.05, 4.69) is 54.5 Å². The molecular formula is C42H66O14. The summed E-state index contributed by atoms with van der Waals surface area (Å²) in [7, 11) is 0. The molecule has 56 heavy (non-hydrogen) atoms. The van der Waals surface area contributed by atoms with Crippen molar-refractivity contribution in [2.75, 3.05) is 6.61 Å². The summed E-state index contributed by atoms with van der Waals surface area (Å²) in [4.78, 5) is 25.2. The molecule has 2 saturated heterocycles. The van der Waals surface area contributed by atoms with Gasteiger partial charge in [0.05, 0.1) is 18.1 Å². The molecule has 0 bridgehead atoms. The largest absolute Gasteiger partial charge is 0.481 e. The molecule has 5 aliphatic carbocycles. The van der Waals surface area contributed by atoms with E-state index in [9.17, 15) is 50.4 Å². The number of ether oxygens (including phenoxy) is 4. The van der Waals surface area contributed by atoms with Gasteiger partial charge in [-0.25, -0.2) is 4.79 Å². The van der Waals surface area contributed by atoms with Gasteiger partial charge in [0.25, 0.3) is 0 Å². The summed E-state index contributed by atoms with van der Waals surface area (Å²) >= 11 is 0. The van der Waals surface area contributed by atoms with Gasteiger partial charge < -0.3 is 59.8 Å². The fraction of sp³-hybridized carbons (Fsp3) is 0.905. The maximum Gasteiger partial charge on any atom is 0.335 e. The van der Waals surface area contributed by atoms with Gasteiger partial charge in [0.1, 0.15) is 42.7 Å². The Kier molecular flexibility index (Phi) is 10.8. The van der Waals surface area contributed by atoms with Crippen LogP contribution in [0.4, 0.5) is 0 Å². The predicted molar refractivity (Wildman–Crippen MR) is 198 cm³/mol. The third kappa shape index (κ3) is 6.17. The molecule has 0 spiro atoms. The molecule has 18 atom stereocenters. The summed E-state index contributed by atoms with van der Waals surface area (Å²) in [6, 6.07) is 0. The third-order valence-corrected chi connectivity index (χ3v) is 17.2. The normalized spacial score (nSPS) is 52.3. The molecular weight excluding hydrogens is 728 g/mol. The molecule has 0 aromatic heterocycles. The Morgan fingerprint density at radius 3 is 2.07 bits per heavy atom. The Bertz CT molecular complexity index is 1560. The van der Waals surface area contributed by atoms with E-state index < -0.39 is 96.9 Å². The molecule has 318 valence electrons. The molecule has 7 rings (SSSR count). The molecule has 2 heterocycles. The average Bonchev–Trinajstić information content (AvgIpc) is 3.12. The van der Waals surface area contributed by atoms with Crippen molar-refractivity contribution in [3.8, 4) is 0 Å². The summed E-state index contributed by atoms with van der Waals surface area (Å²) in [5.74, 6) is -1.66. The van der Waals surface area contributed by atoms with Gasteiger partial charge >= 0.3 is 11.9 Å². The van der Waals surface area contributed by atoms with Crippen molar-refractivity contribution in [2.24, 2.45) is 50.2 Å². The molecule has 2 aliphatic heterocycles. The smallest absolute Gasteiger partial charge is 0.335 e. The van der Waals surface area contributed by atoms with Gasteiger partial charge in [-0.3, -0.25) is 4.79 Å². The second-order valence-electron chi connectivity index (χ2n) is 20.7. The first-order valence-corrected chi connectivity index (χ1v) is 20.8. The van der Waals surface area contributed by atoms with E-state index in [1.165, 1.54) is 5.57 Å². The Balaban J connectivity index is 1.16. The first-order chi connectivity index (χ1) is 26.0. The van der Waals surface area contributed by atoms with Crippen LogP contribution in [0.3, 0.4) is 0 Å². The van der Waals surface area contributed by atoms with Crippen LogP contribution in [0, 0.1) is 50.2 Å². The maximum absolute atomic E-state index is 13.1. The molecule has 0 aromatic rings. The van der Waals surface area contributed by atoms with Crippen molar-refractivity contribution >= 4 is 11.9 Å². The minimum Gasteiger partial charge on any atom is -0.481 e.